The van der Waals surface area contributed by atoms with Crippen LogP contribution >= 0.6 is 0 Å². The second-order valence-corrected chi connectivity index (χ2v) is 17.0. The van der Waals surface area contributed by atoms with Crippen LogP contribution in [0, 0.1) is 0 Å². The van der Waals surface area contributed by atoms with Crippen LogP contribution in [-0.4, -0.2) is 82.1 Å². The maximum Gasteiger partial charge on any atom is 0.303 e. The highest BCUT2D eigenvalue weighted by atomic mass is 28.4. The van der Waals surface area contributed by atoms with E-state index in [4.69, 9.17) is 9.53 Å². The molecule has 9 nitrogen and oxygen atoms in total. The number of aromatic nitrogens is 4. The first-order valence-corrected chi connectivity index (χ1v) is 17.3. The van der Waals surface area contributed by atoms with Gasteiger partial charge in [0.15, 0.2) is 5.82 Å². The van der Waals surface area contributed by atoms with Crippen molar-refractivity contribution in [3.8, 4) is 17.1 Å². The molecule has 1 aliphatic heterocycles. The lowest BCUT2D eigenvalue weighted by molar-refractivity contribution is -0.137. The van der Waals surface area contributed by atoms with Gasteiger partial charge >= 0.3 is 5.97 Å². The summed E-state index contributed by atoms with van der Waals surface area (Å²) < 4.78 is 8.37. The molecule has 1 aromatic heterocycles. The average Bonchev–Trinajstić information content (AvgIpc) is 3.38. The highest BCUT2D eigenvalue weighted by molar-refractivity contribution is 6.74. The highest BCUT2D eigenvalue weighted by Gasteiger charge is 2.39. The van der Waals surface area contributed by atoms with Crippen LogP contribution in [-0.2, 0) is 11.3 Å². The Hall–Kier alpha value is -3.34. The van der Waals surface area contributed by atoms with Crippen LogP contribution in [0.25, 0.3) is 11.4 Å². The van der Waals surface area contributed by atoms with Crippen molar-refractivity contribution in [2.24, 2.45) is 0 Å². The van der Waals surface area contributed by atoms with Gasteiger partial charge in [0.2, 0.25) is 8.32 Å². The Labute approximate surface area is 244 Å². The molecule has 4 rings (SSSR count). The molecule has 0 unspecified atom stereocenters. The van der Waals surface area contributed by atoms with Crippen molar-refractivity contribution in [1.29, 1.82) is 0 Å². The van der Waals surface area contributed by atoms with E-state index in [0.29, 0.717) is 18.8 Å². The minimum atomic E-state index is -1.98. The lowest BCUT2D eigenvalue weighted by Crippen LogP contribution is -2.47. The standard InChI is InChI=1S/C31H44N6O3Si/c1-7-17-35-19-21-36(22-20-35)29(26-10-8-11-27(23-26)40-41(5,6)31(2,3)4)24-13-15-25(16-14-24)30-32-33-34-37(30)18-9-12-28(38)39/h7-8,10-11,13-16,23,29H,1,9,12,17-22H2,2-6H3,(H,38,39)/t29-/m0/s1. The summed E-state index contributed by atoms with van der Waals surface area (Å²) in [5.74, 6) is 0.752. The van der Waals surface area contributed by atoms with E-state index >= 15 is 0 Å². The molecule has 1 atom stereocenters. The number of aliphatic carboxylic acids is 1. The van der Waals surface area contributed by atoms with Crippen molar-refractivity contribution in [3.05, 3.63) is 72.3 Å². The first-order chi connectivity index (χ1) is 19.5. The van der Waals surface area contributed by atoms with Gasteiger partial charge in [0, 0.05) is 51.3 Å². The molecule has 220 valence electrons. The summed E-state index contributed by atoms with van der Waals surface area (Å²) in [7, 11) is -1.98. The van der Waals surface area contributed by atoms with Crippen LogP contribution in [0.5, 0.6) is 5.75 Å². The Balaban J connectivity index is 1.63. The molecule has 0 saturated carbocycles. The molecule has 1 N–H and O–H groups in total. The number of hydrogen-bond acceptors (Lipinski definition) is 7. The third-order valence-electron chi connectivity index (χ3n) is 8.29. The molecule has 1 saturated heterocycles. The van der Waals surface area contributed by atoms with Gasteiger partial charge in [0.05, 0.1) is 6.04 Å². The summed E-state index contributed by atoms with van der Waals surface area (Å²) in [5, 5.41) is 21.2. The van der Waals surface area contributed by atoms with Crippen molar-refractivity contribution in [3.63, 3.8) is 0 Å². The number of carbonyl (C=O) groups is 1. The summed E-state index contributed by atoms with van der Waals surface area (Å²) in [6.45, 7) is 20.5. The first-order valence-electron chi connectivity index (χ1n) is 14.4. The summed E-state index contributed by atoms with van der Waals surface area (Å²) in [4.78, 5) is 15.9. The quantitative estimate of drug-likeness (QED) is 0.224. The molecule has 1 aliphatic rings. The topological polar surface area (TPSA) is 96.6 Å². The number of nitrogens with zero attached hydrogens (tertiary/aromatic N) is 6. The molecular weight excluding hydrogens is 532 g/mol. The Morgan fingerprint density at radius 3 is 2.44 bits per heavy atom. The smallest absolute Gasteiger partial charge is 0.303 e. The summed E-state index contributed by atoms with van der Waals surface area (Å²) in [6, 6.07) is 17.1. The third kappa shape index (κ3) is 7.69. The second-order valence-electron chi connectivity index (χ2n) is 12.3. The fourth-order valence-electron chi connectivity index (χ4n) is 4.95. The van der Waals surface area contributed by atoms with Gasteiger partial charge in [-0.1, -0.05) is 63.2 Å². The molecule has 1 fully saturated rings. The minimum absolute atomic E-state index is 0.0736. The van der Waals surface area contributed by atoms with Crippen LogP contribution in [0.1, 0.15) is 50.8 Å². The monoisotopic (exact) mass is 576 g/mol. The van der Waals surface area contributed by atoms with Gasteiger partial charge in [-0.15, -0.1) is 11.7 Å². The zero-order chi connectivity index (χ0) is 29.6. The van der Waals surface area contributed by atoms with E-state index in [-0.39, 0.29) is 17.5 Å². The van der Waals surface area contributed by atoms with Crippen molar-refractivity contribution < 1.29 is 14.3 Å². The number of carboxylic acid groups (broad SMARTS) is 1. The van der Waals surface area contributed by atoms with E-state index in [2.05, 4.69) is 114 Å². The lowest BCUT2D eigenvalue weighted by Gasteiger charge is -2.40. The predicted molar refractivity (Wildman–Crippen MR) is 164 cm³/mol. The lowest BCUT2D eigenvalue weighted by atomic mass is 9.95. The third-order valence-corrected chi connectivity index (χ3v) is 12.6. The van der Waals surface area contributed by atoms with E-state index in [9.17, 15) is 4.79 Å². The van der Waals surface area contributed by atoms with Gasteiger partial charge in [-0.2, -0.15) is 0 Å². The van der Waals surface area contributed by atoms with Crippen molar-refractivity contribution in [2.45, 2.75) is 64.3 Å². The van der Waals surface area contributed by atoms with Gasteiger partial charge in [-0.25, -0.2) is 4.68 Å². The number of tetrazole rings is 1. The van der Waals surface area contributed by atoms with E-state index in [1.807, 2.05) is 6.08 Å². The second kappa shape index (κ2) is 13.1. The Morgan fingerprint density at radius 2 is 1.80 bits per heavy atom. The number of carboxylic acids is 1. The fraction of sp³-hybridized carbons (Fsp3) is 0.484. The van der Waals surface area contributed by atoms with Gasteiger partial charge in [-0.3, -0.25) is 14.6 Å². The van der Waals surface area contributed by atoms with Crippen LogP contribution in [0.15, 0.2) is 61.2 Å². The van der Waals surface area contributed by atoms with Crippen LogP contribution in [0.4, 0.5) is 0 Å². The Kier molecular flexibility index (Phi) is 9.78. The maximum absolute atomic E-state index is 10.9. The van der Waals surface area contributed by atoms with Crippen molar-refractivity contribution in [2.75, 3.05) is 32.7 Å². The largest absolute Gasteiger partial charge is 0.543 e. The summed E-state index contributed by atoms with van der Waals surface area (Å²) in [6.07, 6.45) is 2.53. The Morgan fingerprint density at radius 1 is 1.10 bits per heavy atom. The highest BCUT2D eigenvalue weighted by Crippen LogP contribution is 2.39. The predicted octanol–water partition coefficient (Wildman–Crippen LogP) is 5.48. The minimum Gasteiger partial charge on any atom is -0.543 e. The fourth-order valence-corrected chi connectivity index (χ4v) is 5.98. The number of piperazine rings is 1. The molecule has 3 aromatic rings. The molecule has 10 heteroatoms. The van der Waals surface area contributed by atoms with E-state index < -0.39 is 14.3 Å². The number of aryl methyl sites for hydroxylation is 1. The molecule has 41 heavy (non-hydrogen) atoms. The number of benzene rings is 2. The van der Waals surface area contributed by atoms with Gasteiger partial charge in [0.25, 0.3) is 0 Å². The molecule has 0 aliphatic carbocycles. The number of rotatable bonds is 12. The van der Waals surface area contributed by atoms with Gasteiger partial charge < -0.3 is 9.53 Å². The van der Waals surface area contributed by atoms with Crippen LogP contribution in [0.3, 0.4) is 0 Å². The van der Waals surface area contributed by atoms with E-state index in [0.717, 1.165) is 44.0 Å². The molecular formula is C31H44N6O3Si. The van der Waals surface area contributed by atoms with Crippen LogP contribution in [0.2, 0.25) is 18.1 Å². The van der Waals surface area contributed by atoms with Gasteiger partial charge in [0.1, 0.15) is 5.75 Å². The van der Waals surface area contributed by atoms with Gasteiger partial charge in [-0.05, 0) is 58.2 Å². The normalized spacial score (nSPS) is 15.9. The zero-order valence-corrected chi connectivity index (χ0v) is 26.1. The average molecular weight is 577 g/mol. The molecule has 0 amide bonds. The maximum atomic E-state index is 10.9. The van der Waals surface area contributed by atoms with E-state index in [1.165, 1.54) is 11.1 Å². The zero-order valence-electron chi connectivity index (χ0n) is 25.1. The van der Waals surface area contributed by atoms with Crippen LogP contribution < -0.4 is 4.43 Å². The van der Waals surface area contributed by atoms with E-state index in [1.54, 1.807) is 4.68 Å². The Bertz CT molecular complexity index is 1310. The summed E-state index contributed by atoms with van der Waals surface area (Å²) >= 11 is 0. The molecule has 0 spiro atoms. The van der Waals surface area contributed by atoms with Crippen molar-refractivity contribution in [1.82, 2.24) is 30.0 Å². The molecule has 0 bridgehead atoms. The molecule has 2 heterocycles. The first kappa shape index (κ1) is 30.6. The molecule has 2 aromatic carbocycles. The summed E-state index contributed by atoms with van der Waals surface area (Å²) in [5.41, 5.74) is 3.31. The SMILES string of the molecule is C=CCN1CCN([C@@H](c2ccc(-c3nnnn3CCCC(=O)O)cc2)c2cccc(O[Si](C)(C)C(C)(C)C)c2)CC1. The van der Waals surface area contributed by atoms with Crippen molar-refractivity contribution >= 4 is 14.3 Å². The number of hydrogen-bond donors (Lipinski definition) is 1. The molecule has 0 radical (unpaired) electrons.